The average Bonchev–Trinajstić information content (AvgIpc) is 2.94. The topological polar surface area (TPSA) is 44.4 Å². The number of urea groups is 1. The number of carbonyl (C=O) groups is 1. The van der Waals surface area contributed by atoms with Crippen LogP contribution in [0.4, 0.5) is 23.7 Å². The molecule has 0 unspecified atom stereocenters. The van der Waals surface area contributed by atoms with E-state index in [0.717, 1.165) is 17.7 Å². The highest BCUT2D eigenvalue weighted by Gasteiger charge is 2.42. The lowest BCUT2D eigenvalue weighted by molar-refractivity contribution is -0.182. The predicted molar refractivity (Wildman–Crippen MR) is 85.7 cm³/mol. The molecule has 2 N–H and O–H groups in total. The van der Waals surface area contributed by atoms with E-state index >= 15 is 0 Å². The number of nitrogens with zero attached hydrogens (tertiary/aromatic N) is 1. The maximum atomic E-state index is 13.0. The minimum absolute atomic E-state index is 0.0976. The number of hydrogen-bond donors (Lipinski definition) is 2. The van der Waals surface area contributed by atoms with Gasteiger partial charge in [-0.3, -0.25) is 0 Å². The summed E-state index contributed by atoms with van der Waals surface area (Å²) in [5.41, 5.74) is 1.76. The minimum Gasteiger partial charge on any atom is -0.382 e. The number of carbonyl (C=O) groups excluding carboxylic acids is 1. The molecule has 2 aliphatic rings. The normalized spacial score (nSPS) is 24.8. The van der Waals surface area contributed by atoms with Gasteiger partial charge in [0, 0.05) is 31.4 Å². The predicted octanol–water partition coefficient (Wildman–Crippen LogP) is 3.74. The number of amides is 2. The van der Waals surface area contributed by atoms with Crippen LogP contribution in [0, 0.1) is 5.92 Å². The number of benzene rings is 1. The Labute approximate surface area is 139 Å². The summed E-state index contributed by atoms with van der Waals surface area (Å²) in [6.45, 7) is 1.74. The van der Waals surface area contributed by atoms with E-state index in [2.05, 4.69) is 10.6 Å². The van der Waals surface area contributed by atoms with Crippen molar-refractivity contribution in [3.05, 3.63) is 29.8 Å². The van der Waals surface area contributed by atoms with E-state index in [-0.39, 0.29) is 24.9 Å². The monoisotopic (exact) mass is 341 g/mol. The number of hydrogen-bond acceptors (Lipinski definition) is 2. The van der Waals surface area contributed by atoms with E-state index in [0.29, 0.717) is 26.1 Å². The van der Waals surface area contributed by atoms with Gasteiger partial charge in [0.05, 0.1) is 5.92 Å². The quantitative estimate of drug-likeness (QED) is 0.876. The zero-order valence-electron chi connectivity index (χ0n) is 13.4. The van der Waals surface area contributed by atoms with Gasteiger partial charge in [-0.15, -0.1) is 0 Å². The molecule has 0 radical (unpaired) electrons. The minimum atomic E-state index is -4.12. The number of rotatable bonds is 4. The second-order valence-electron chi connectivity index (χ2n) is 6.56. The summed E-state index contributed by atoms with van der Waals surface area (Å²) < 4.78 is 38.9. The molecule has 1 aliphatic heterocycles. The van der Waals surface area contributed by atoms with Gasteiger partial charge in [0.15, 0.2) is 0 Å². The zero-order chi connectivity index (χ0) is 17.2. The van der Waals surface area contributed by atoms with Crippen LogP contribution in [0.5, 0.6) is 0 Å². The summed E-state index contributed by atoms with van der Waals surface area (Å²) in [6, 6.07) is 7.25. The number of halogens is 3. The molecule has 1 aliphatic carbocycles. The molecule has 0 bridgehead atoms. The highest BCUT2D eigenvalue weighted by atomic mass is 19.4. The molecule has 0 spiro atoms. The Morgan fingerprint density at radius 3 is 2.75 bits per heavy atom. The van der Waals surface area contributed by atoms with Crippen LogP contribution >= 0.6 is 0 Å². The van der Waals surface area contributed by atoms with Crippen LogP contribution in [-0.2, 0) is 6.54 Å². The van der Waals surface area contributed by atoms with Gasteiger partial charge in [0.25, 0.3) is 0 Å². The van der Waals surface area contributed by atoms with E-state index in [9.17, 15) is 18.0 Å². The average molecular weight is 341 g/mol. The molecule has 24 heavy (non-hydrogen) atoms. The van der Waals surface area contributed by atoms with Crippen LogP contribution in [0.15, 0.2) is 24.3 Å². The third-order valence-corrected chi connectivity index (χ3v) is 4.82. The number of para-hydroxylation sites is 1. The van der Waals surface area contributed by atoms with Crippen LogP contribution in [0.25, 0.3) is 0 Å². The summed E-state index contributed by atoms with van der Waals surface area (Å²) in [7, 11) is 0. The number of alkyl halides is 3. The first-order valence-electron chi connectivity index (χ1n) is 8.37. The van der Waals surface area contributed by atoms with Gasteiger partial charge in [-0.05, 0) is 30.9 Å². The van der Waals surface area contributed by atoms with Crippen molar-refractivity contribution >= 4 is 11.7 Å². The van der Waals surface area contributed by atoms with E-state index in [1.54, 1.807) is 4.90 Å². The first-order valence-corrected chi connectivity index (χ1v) is 8.37. The van der Waals surface area contributed by atoms with Crippen molar-refractivity contribution in [2.75, 3.05) is 18.4 Å². The van der Waals surface area contributed by atoms with Crippen molar-refractivity contribution < 1.29 is 18.0 Å². The molecule has 1 saturated carbocycles. The fourth-order valence-corrected chi connectivity index (χ4v) is 3.50. The van der Waals surface area contributed by atoms with Crippen LogP contribution < -0.4 is 10.6 Å². The Kier molecular flexibility index (Phi) is 4.87. The molecule has 2 amide bonds. The zero-order valence-corrected chi connectivity index (χ0v) is 13.4. The lowest BCUT2D eigenvalue weighted by Crippen LogP contribution is -2.35. The Morgan fingerprint density at radius 2 is 2.04 bits per heavy atom. The van der Waals surface area contributed by atoms with Crippen molar-refractivity contribution in [2.45, 2.75) is 44.4 Å². The fraction of sp³-hybridized carbons (Fsp3) is 0.588. The molecular weight excluding hydrogens is 319 g/mol. The summed E-state index contributed by atoms with van der Waals surface area (Å²) in [6.07, 6.45) is -2.46. The SMILES string of the molecule is O=C1NCCN1Cc1ccccc1N[C@@H]1CCC[C@H](C(F)(F)F)C1. The van der Waals surface area contributed by atoms with Crippen LogP contribution in [-0.4, -0.2) is 36.2 Å². The van der Waals surface area contributed by atoms with Crippen LogP contribution in [0.1, 0.15) is 31.2 Å². The highest BCUT2D eigenvalue weighted by molar-refractivity contribution is 5.76. The van der Waals surface area contributed by atoms with Gasteiger partial charge in [0.1, 0.15) is 0 Å². The molecule has 132 valence electrons. The van der Waals surface area contributed by atoms with E-state index in [4.69, 9.17) is 0 Å². The molecule has 4 nitrogen and oxygen atoms in total. The molecule has 2 atom stereocenters. The largest absolute Gasteiger partial charge is 0.391 e. The van der Waals surface area contributed by atoms with E-state index in [1.165, 1.54) is 0 Å². The second-order valence-corrected chi connectivity index (χ2v) is 6.56. The van der Waals surface area contributed by atoms with Crippen LogP contribution in [0.3, 0.4) is 0 Å². The number of nitrogens with one attached hydrogen (secondary N) is 2. The molecule has 1 heterocycles. The lowest BCUT2D eigenvalue weighted by Gasteiger charge is -2.32. The Morgan fingerprint density at radius 1 is 1.25 bits per heavy atom. The van der Waals surface area contributed by atoms with Crippen molar-refractivity contribution in [1.82, 2.24) is 10.2 Å². The van der Waals surface area contributed by atoms with Gasteiger partial charge in [-0.2, -0.15) is 13.2 Å². The third kappa shape index (κ3) is 3.94. The van der Waals surface area contributed by atoms with Crippen molar-refractivity contribution in [2.24, 2.45) is 5.92 Å². The lowest BCUT2D eigenvalue weighted by atomic mass is 9.85. The Balaban J connectivity index is 1.67. The maximum Gasteiger partial charge on any atom is 0.391 e. The van der Waals surface area contributed by atoms with Gasteiger partial charge in [0.2, 0.25) is 0 Å². The first-order chi connectivity index (χ1) is 11.4. The van der Waals surface area contributed by atoms with Gasteiger partial charge in [-0.25, -0.2) is 4.79 Å². The highest BCUT2D eigenvalue weighted by Crippen LogP contribution is 2.38. The number of anilines is 1. The second kappa shape index (κ2) is 6.91. The standard InChI is InChI=1S/C17H22F3N3O/c18-17(19,20)13-5-3-6-14(10-13)22-15-7-2-1-4-12(15)11-23-9-8-21-16(23)24/h1-2,4,7,13-14,22H,3,5-6,8-11H2,(H,21,24)/t13-,14+/m0/s1. The summed E-state index contributed by atoms with van der Waals surface area (Å²) in [5.74, 6) is -1.22. The Hall–Kier alpha value is -1.92. The van der Waals surface area contributed by atoms with Gasteiger partial charge < -0.3 is 15.5 Å². The molecule has 1 aromatic rings. The molecule has 2 fully saturated rings. The Bertz CT molecular complexity index is 591. The van der Waals surface area contributed by atoms with Crippen molar-refractivity contribution in [3.63, 3.8) is 0 Å². The van der Waals surface area contributed by atoms with Crippen molar-refractivity contribution in [3.8, 4) is 0 Å². The van der Waals surface area contributed by atoms with Gasteiger partial charge in [-0.1, -0.05) is 24.6 Å². The third-order valence-electron chi connectivity index (χ3n) is 4.82. The van der Waals surface area contributed by atoms with Crippen molar-refractivity contribution in [1.29, 1.82) is 0 Å². The van der Waals surface area contributed by atoms with E-state index in [1.807, 2.05) is 24.3 Å². The smallest absolute Gasteiger partial charge is 0.382 e. The molecule has 0 aromatic heterocycles. The summed E-state index contributed by atoms with van der Waals surface area (Å²) >= 11 is 0. The van der Waals surface area contributed by atoms with E-state index < -0.39 is 12.1 Å². The van der Waals surface area contributed by atoms with Crippen LogP contribution in [0.2, 0.25) is 0 Å². The maximum absolute atomic E-state index is 13.0. The van der Waals surface area contributed by atoms with Gasteiger partial charge >= 0.3 is 12.2 Å². The first kappa shape index (κ1) is 16.9. The molecule has 3 rings (SSSR count). The molecular formula is C17H22F3N3O. The fourth-order valence-electron chi connectivity index (χ4n) is 3.50. The molecule has 7 heteroatoms. The summed E-state index contributed by atoms with van der Waals surface area (Å²) in [4.78, 5) is 13.4. The summed E-state index contributed by atoms with van der Waals surface area (Å²) in [5, 5.41) is 6.04. The molecule has 1 aromatic carbocycles. The molecule has 1 saturated heterocycles.